The van der Waals surface area contributed by atoms with Crippen molar-refractivity contribution in [2.24, 2.45) is 23.5 Å². The van der Waals surface area contributed by atoms with Crippen LogP contribution in [0.5, 0.6) is 0 Å². The minimum atomic E-state index is -1.11. The Hall–Kier alpha value is -6.28. The van der Waals surface area contributed by atoms with Gasteiger partial charge in [0.25, 0.3) is 11.8 Å². The maximum atomic E-state index is 14.5. The Morgan fingerprint density at radius 1 is 0.778 bits per heavy atom. The van der Waals surface area contributed by atoms with Crippen molar-refractivity contribution < 1.29 is 101 Å². The van der Waals surface area contributed by atoms with E-state index < -0.39 is 114 Å². The predicted octanol–water partition coefficient (Wildman–Crippen LogP) is 4.39. The van der Waals surface area contributed by atoms with E-state index in [4.69, 9.17) is 57.8 Å². The number of aliphatic hydroxyl groups is 2. The smallest absolute Gasteiger partial charge is 0.407 e. The third kappa shape index (κ3) is 21.6. The molecular formula is C71H105N7O21. The first kappa shape index (κ1) is 76.9. The van der Waals surface area contributed by atoms with E-state index in [9.17, 15) is 48.6 Å². The zero-order chi connectivity index (χ0) is 70.9. The van der Waals surface area contributed by atoms with Crippen LogP contribution in [0, 0.1) is 17.8 Å². The molecule has 1 aromatic carbocycles. The fourth-order valence-corrected chi connectivity index (χ4v) is 15.0. The molecular weight excluding hydrogens is 1290 g/mol. The van der Waals surface area contributed by atoms with E-state index in [2.05, 4.69) is 46.7 Å². The normalized spacial score (nSPS) is 32.0. The lowest BCUT2D eigenvalue weighted by atomic mass is 9.81. The Labute approximate surface area is 579 Å². The number of imide groups is 1. The Bertz CT molecular complexity index is 2970. The van der Waals surface area contributed by atoms with Crippen LogP contribution in [0.25, 0.3) is 0 Å². The van der Waals surface area contributed by atoms with Crippen LogP contribution in [0.15, 0.2) is 60.7 Å². The molecule has 0 aromatic heterocycles. The number of aliphatic hydroxyl groups excluding tert-OH is 2. The summed E-state index contributed by atoms with van der Waals surface area (Å²) in [6.07, 6.45) is 3.23. The van der Waals surface area contributed by atoms with Gasteiger partial charge in [0.15, 0.2) is 5.79 Å². The number of urea groups is 1. The molecule has 1 spiro atoms. The lowest BCUT2D eigenvalue weighted by Crippen LogP contribution is -2.54. The number of nitrogens with one attached hydrogen (secondary N) is 5. The SMILES string of the molecule is C=C1CC2CC[C@]34C[C@@H](O)C(O3)[C@H](OC)CC(O4)[C@@H]3CCCC(CC(=O)CC4[C@@H](OC)C(CC(O)CNC(=O)OCc5ccc(NC(=O)C(CCCNC(N)=O)NC(=O)[C@@H](NC(=O)CCOCCOCCN6C(=O)C=CC6=O)C(C)C)cc5)O[C@H]4CC4OC(CCC1O2)C[C@@H](C)C4=C)O3. The van der Waals surface area contributed by atoms with Gasteiger partial charge in [-0.1, -0.05) is 46.1 Å². The molecule has 28 heteroatoms. The van der Waals surface area contributed by atoms with Crippen molar-refractivity contribution in [3.05, 3.63) is 66.3 Å². The van der Waals surface area contributed by atoms with Crippen LogP contribution in [0.3, 0.4) is 0 Å². The number of methoxy groups -OCH3 is 2. The summed E-state index contributed by atoms with van der Waals surface area (Å²) >= 11 is 0. The fourth-order valence-electron chi connectivity index (χ4n) is 15.0. The number of benzene rings is 1. The number of hydrogen-bond donors (Lipinski definition) is 8. The molecule has 11 unspecified atom stereocenters. The topological polar surface area (TPSA) is 368 Å². The highest BCUT2D eigenvalue weighted by molar-refractivity contribution is 6.12. The van der Waals surface area contributed by atoms with Crippen molar-refractivity contribution in [3.63, 3.8) is 0 Å². The number of amides is 8. The van der Waals surface area contributed by atoms with Crippen molar-refractivity contribution in [1.82, 2.24) is 26.2 Å². The molecule has 8 heterocycles. The summed E-state index contributed by atoms with van der Waals surface area (Å²) in [7, 11) is 3.20. The lowest BCUT2D eigenvalue weighted by Gasteiger charge is -2.40. The van der Waals surface area contributed by atoms with E-state index in [0.29, 0.717) is 56.2 Å². The van der Waals surface area contributed by atoms with Gasteiger partial charge < -0.3 is 94.6 Å². The number of primary amides is 1. The van der Waals surface area contributed by atoms with Gasteiger partial charge in [0, 0.05) is 102 Å². The van der Waals surface area contributed by atoms with Gasteiger partial charge in [0.1, 0.15) is 30.6 Å². The molecule has 550 valence electrons. The van der Waals surface area contributed by atoms with Gasteiger partial charge in [-0.15, -0.1) is 0 Å². The molecule has 7 fully saturated rings. The van der Waals surface area contributed by atoms with E-state index in [1.165, 1.54) is 12.2 Å². The van der Waals surface area contributed by atoms with Crippen molar-refractivity contribution >= 4 is 53.1 Å². The van der Waals surface area contributed by atoms with Crippen LogP contribution in [0.1, 0.15) is 142 Å². The van der Waals surface area contributed by atoms with Gasteiger partial charge in [-0.25, -0.2) is 9.59 Å². The van der Waals surface area contributed by atoms with E-state index in [0.717, 1.165) is 48.2 Å². The standard InChI is InChI=1S/C71H105N7O21/c1-40(2)64(77-61(82)22-26-91-28-29-92-27-25-78-62(83)19-20-63(78)84)68(86)76-52(11-9-24-73-69(72)87)67(85)75-45-15-13-44(14-16-45)39-93-70(88)74-38-47(80)34-60-65(90-7)51-33-46(79)32-48-10-8-12-55(95-48)58-36-59(89-6)66-53(81)37-71(98-58,99-66)23-21-50-31-42(4)54(94-50)18-17-49-30-41(3)43(5)56(96-49)35-57(51)97-60/h13-16,19-20,40-41,47-60,64-66,80-81H,4-5,8-12,17-18,21-39H2,1-3,6-7H3,(H,74,88)(H,75,85)(H,76,86)(H,77,82)(H3,72,73,87)/t41-,47?,48?,49?,50?,51?,52?,53-,54?,55+,56?,57+,58?,59-,60?,64+,65-,66?,71-/m1/s1. The third-order valence-corrected chi connectivity index (χ3v) is 20.4. The zero-order valence-electron chi connectivity index (χ0n) is 57.9. The molecule has 0 aliphatic carbocycles. The average Bonchev–Trinajstić information content (AvgIpc) is 1.63. The van der Waals surface area contributed by atoms with E-state index in [1.54, 1.807) is 52.3 Å². The molecule has 8 aliphatic rings. The van der Waals surface area contributed by atoms with Crippen LogP contribution in [-0.2, 0) is 87.5 Å². The number of hydrogen-bond acceptors (Lipinski definition) is 21. The maximum absolute atomic E-state index is 14.5. The number of carbonyl (C=O) groups is 8. The van der Waals surface area contributed by atoms with Gasteiger partial charge in [0.2, 0.25) is 17.7 Å². The molecule has 99 heavy (non-hydrogen) atoms. The Kier molecular flexibility index (Phi) is 28.4. The summed E-state index contributed by atoms with van der Waals surface area (Å²) in [6, 6.07) is 3.57. The molecule has 19 atom stereocenters. The fraction of sp³-hybridized carbons (Fsp3) is 0.718. The monoisotopic (exact) mass is 1390 g/mol. The summed E-state index contributed by atoms with van der Waals surface area (Å²) in [5, 5.41) is 36.2. The summed E-state index contributed by atoms with van der Waals surface area (Å²) in [5.74, 6) is -4.21. The number of anilines is 1. The highest BCUT2D eigenvalue weighted by Gasteiger charge is 2.56. The summed E-state index contributed by atoms with van der Waals surface area (Å²) in [5.41, 5.74) is 8.16. The quantitative estimate of drug-likeness (QED) is 0.0344. The lowest BCUT2D eigenvalue weighted by molar-refractivity contribution is -0.265. The van der Waals surface area contributed by atoms with E-state index in [1.807, 2.05) is 0 Å². The van der Waals surface area contributed by atoms with Gasteiger partial charge in [0.05, 0.1) is 112 Å². The average molecular weight is 1390 g/mol. The molecule has 0 radical (unpaired) electrons. The highest BCUT2D eigenvalue weighted by atomic mass is 16.7. The minimum Gasteiger partial charge on any atom is -0.445 e. The highest BCUT2D eigenvalue weighted by Crippen LogP contribution is 2.47. The number of alkyl carbamates (subject to hydrolysis) is 1. The molecule has 8 amide bonds. The first-order valence-electron chi connectivity index (χ1n) is 35.4. The Morgan fingerprint density at radius 2 is 1.52 bits per heavy atom. The third-order valence-electron chi connectivity index (χ3n) is 20.4. The number of nitrogens with zero attached hydrogens (tertiary/aromatic N) is 1. The van der Waals surface area contributed by atoms with Gasteiger partial charge in [-0.2, -0.15) is 0 Å². The van der Waals surface area contributed by atoms with Gasteiger partial charge in [-0.05, 0) is 105 Å². The predicted molar refractivity (Wildman–Crippen MR) is 357 cm³/mol. The largest absolute Gasteiger partial charge is 0.445 e. The molecule has 9 N–H and O–H groups in total. The Morgan fingerprint density at radius 3 is 2.24 bits per heavy atom. The molecule has 7 saturated heterocycles. The van der Waals surface area contributed by atoms with Crippen molar-refractivity contribution in [3.8, 4) is 0 Å². The summed E-state index contributed by atoms with van der Waals surface area (Å²) in [6.45, 7) is 14.9. The second-order valence-corrected chi connectivity index (χ2v) is 28.1. The van der Waals surface area contributed by atoms with Crippen LogP contribution >= 0.6 is 0 Å². The number of ketones is 1. The molecule has 9 bridgehead atoms. The second-order valence-electron chi connectivity index (χ2n) is 28.1. The first-order valence-corrected chi connectivity index (χ1v) is 35.4. The van der Waals surface area contributed by atoms with Crippen molar-refractivity contribution in [1.29, 1.82) is 0 Å². The number of carbonyl (C=O) groups excluding carboxylic acids is 8. The zero-order valence-corrected chi connectivity index (χ0v) is 57.9. The van der Waals surface area contributed by atoms with Gasteiger partial charge in [-0.3, -0.25) is 33.7 Å². The van der Waals surface area contributed by atoms with E-state index in [-0.39, 0.29) is 145 Å². The molecule has 28 nitrogen and oxygen atoms in total. The van der Waals surface area contributed by atoms with Crippen LogP contribution in [0.4, 0.5) is 15.3 Å². The number of ether oxygens (including phenoxy) is 11. The maximum Gasteiger partial charge on any atom is 0.407 e. The number of nitrogens with two attached hydrogens (primary N) is 1. The molecule has 8 aliphatic heterocycles. The van der Waals surface area contributed by atoms with Crippen LogP contribution in [0.2, 0.25) is 0 Å². The van der Waals surface area contributed by atoms with Crippen LogP contribution in [-0.4, -0.2) is 226 Å². The minimum absolute atomic E-state index is 0.0119. The molecule has 9 rings (SSSR count). The number of Topliss-reactive ketones (excluding diaryl/α,β-unsaturated/α-hetero) is 1. The van der Waals surface area contributed by atoms with Gasteiger partial charge >= 0.3 is 12.1 Å². The second kappa shape index (κ2) is 36.5. The number of fused-ring (bicyclic) bond motifs is 10. The first-order chi connectivity index (χ1) is 47.5. The Balaban J connectivity index is 0.763. The van der Waals surface area contributed by atoms with Crippen molar-refractivity contribution in [2.75, 3.05) is 65.6 Å². The summed E-state index contributed by atoms with van der Waals surface area (Å²) in [4.78, 5) is 104. The van der Waals surface area contributed by atoms with Crippen LogP contribution < -0.4 is 32.3 Å². The molecule has 0 saturated carbocycles. The van der Waals surface area contributed by atoms with Crippen molar-refractivity contribution in [2.45, 2.75) is 246 Å². The summed E-state index contributed by atoms with van der Waals surface area (Å²) < 4.78 is 69.5. The molecule has 1 aromatic rings. The number of rotatable bonds is 27. The van der Waals surface area contributed by atoms with E-state index >= 15 is 0 Å².